The molecule has 0 bridgehead atoms. The van der Waals surface area contributed by atoms with Gasteiger partial charge < -0.3 is 15.4 Å². The second-order valence-corrected chi connectivity index (χ2v) is 4.20. The normalized spacial score (nSPS) is 16.9. The van der Waals surface area contributed by atoms with Gasteiger partial charge in [-0.1, -0.05) is 6.07 Å². The summed E-state index contributed by atoms with van der Waals surface area (Å²) in [6.07, 6.45) is 1.92. The Morgan fingerprint density at radius 2 is 2.18 bits per heavy atom. The van der Waals surface area contributed by atoms with Crippen molar-refractivity contribution in [2.75, 3.05) is 25.1 Å². The Labute approximate surface area is 101 Å². The lowest BCUT2D eigenvalue weighted by Crippen LogP contribution is -2.40. The summed E-state index contributed by atoms with van der Waals surface area (Å²) in [5, 5.41) is 0. The van der Waals surface area contributed by atoms with Crippen molar-refractivity contribution < 1.29 is 9.53 Å². The minimum atomic E-state index is -0.402. The number of hydrogen-bond donors (Lipinski definition) is 1. The molecule has 0 aliphatic carbocycles. The van der Waals surface area contributed by atoms with Crippen LogP contribution in [0.2, 0.25) is 0 Å². The molecule has 1 aliphatic heterocycles. The van der Waals surface area contributed by atoms with E-state index in [1.54, 1.807) is 6.07 Å². The van der Waals surface area contributed by atoms with Crippen LogP contribution in [0.4, 0.5) is 5.82 Å². The summed E-state index contributed by atoms with van der Waals surface area (Å²) in [6.45, 7) is 1.78. The Kier molecular flexibility index (Phi) is 3.58. The fourth-order valence-electron chi connectivity index (χ4n) is 1.95. The lowest BCUT2D eigenvalue weighted by Gasteiger charge is -2.31. The molecular weight excluding hydrogens is 218 g/mol. The van der Waals surface area contributed by atoms with Crippen LogP contribution >= 0.6 is 0 Å². The average molecular weight is 235 g/mol. The van der Waals surface area contributed by atoms with Crippen LogP contribution in [0.15, 0.2) is 18.2 Å². The highest BCUT2D eigenvalue weighted by molar-refractivity contribution is 5.87. The molecular formula is C12H17N3O2. The van der Waals surface area contributed by atoms with E-state index >= 15 is 0 Å². The molecule has 1 aromatic heterocycles. The van der Waals surface area contributed by atoms with Crippen LogP contribution in [0.5, 0.6) is 0 Å². The average Bonchev–Trinajstić information content (AvgIpc) is 2.39. The number of carbonyl (C=O) groups is 1. The zero-order valence-corrected chi connectivity index (χ0v) is 9.93. The molecule has 5 heteroatoms. The second-order valence-electron chi connectivity index (χ2n) is 4.20. The number of methoxy groups -OCH3 is 1. The topological polar surface area (TPSA) is 68.5 Å². The van der Waals surface area contributed by atoms with Gasteiger partial charge in [-0.2, -0.15) is 0 Å². The molecule has 0 radical (unpaired) electrons. The van der Waals surface area contributed by atoms with E-state index in [4.69, 9.17) is 5.73 Å². The quantitative estimate of drug-likeness (QED) is 0.768. The minimum absolute atomic E-state index is 0.287. The standard InChI is InChI=1S/C12H17N3O2/c1-17-12(16)10-3-2-4-11(14-10)15-7-5-9(13)6-8-15/h2-4,9H,5-8,13H2,1H3. The lowest BCUT2D eigenvalue weighted by molar-refractivity contribution is 0.0594. The van der Waals surface area contributed by atoms with Crippen molar-refractivity contribution in [3.05, 3.63) is 23.9 Å². The van der Waals surface area contributed by atoms with E-state index in [9.17, 15) is 4.79 Å². The number of piperidine rings is 1. The fourth-order valence-corrected chi connectivity index (χ4v) is 1.95. The third kappa shape index (κ3) is 2.74. The molecule has 0 saturated carbocycles. The van der Waals surface area contributed by atoms with Crippen LogP contribution in [0.1, 0.15) is 23.3 Å². The third-order valence-corrected chi connectivity index (χ3v) is 2.99. The first-order valence-corrected chi connectivity index (χ1v) is 5.76. The molecule has 0 spiro atoms. The number of esters is 1. The van der Waals surface area contributed by atoms with Gasteiger partial charge in [0.1, 0.15) is 5.82 Å². The van der Waals surface area contributed by atoms with E-state index in [1.165, 1.54) is 7.11 Å². The van der Waals surface area contributed by atoms with Crippen LogP contribution in [0, 0.1) is 0 Å². The summed E-state index contributed by atoms with van der Waals surface area (Å²) in [5.41, 5.74) is 6.20. The van der Waals surface area contributed by atoms with Gasteiger partial charge in [0.05, 0.1) is 7.11 Å². The molecule has 17 heavy (non-hydrogen) atoms. The molecule has 0 amide bonds. The first kappa shape index (κ1) is 11.9. The highest BCUT2D eigenvalue weighted by Gasteiger charge is 2.18. The van der Waals surface area contributed by atoms with Gasteiger partial charge in [-0.25, -0.2) is 9.78 Å². The lowest BCUT2D eigenvalue weighted by atomic mass is 10.1. The number of nitrogens with two attached hydrogens (primary N) is 1. The maximum atomic E-state index is 11.4. The molecule has 92 valence electrons. The van der Waals surface area contributed by atoms with Crippen molar-refractivity contribution in [1.29, 1.82) is 0 Å². The minimum Gasteiger partial charge on any atom is -0.464 e. The SMILES string of the molecule is COC(=O)c1cccc(N2CCC(N)CC2)n1. The zero-order valence-electron chi connectivity index (χ0n) is 9.93. The maximum Gasteiger partial charge on any atom is 0.356 e. The van der Waals surface area contributed by atoms with Crippen LogP contribution in [-0.4, -0.2) is 37.2 Å². The van der Waals surface area contributed by atoms with E-state index in [1.807, 2.05) is 12.1 Å². The molecule has 1 fully saturated rings. The number of aromatic nitrogens is 1. The van der Waals surface area contributed by atoms with Crippen molar-refractivity contribution in [2.45, 2.75) is 18.9 Å². The second kappa shape index (κ2) is 5.14. The van der Waals surface area contributed by atoms with Crippen molar-refractivity contribution in [2.24, 2.45) is 5.73 Å². The highest BCUT2D eigenvalue weighted by Crippen LogP contribution is 2.17. The summed E-state index contributed by atoms with van der Waals surface area (Å²) < 4.78 is 4.66. The number of hydrogen-bond acceptors (Lipinski definition) is 5. The Morgan fingerprint density at radius 3 is 2.82 bits per heavy atom. The Balaban J connectivity index is 2.13. The number of ether oxygens (including phenoxy) is 1. The highest BCUT2D eigenvalue weighted by atomic mass is 16.5. The molecule has 1 aromatic rings. The Bertz CT molecular complexity index is 400. The summed E-state index contributed by atoms with van der Waals surface area (Å²) in [6, 6.07) is 5.67. The van der Waals surface area contributed by atoms with Crippen molar-refractivity contribution in [3.63, 3.8) is 0 Å². The van der Waals surface area contributed by atoms with E-state index in [-0.39, 0.29) is 6.04 Å². The molecule has 1 saturated heterocycles. The summed E-state index contributed by atoms with van der Waals surface area (Å²) in [5.74, 6) is 0.417. The number of rotatable bonds is 2. The summed E-state index contributed by atoms with van der Waals surface area (Å²) in [7, 11) is 1.36. The molecule has 0 unspecified atom stereocenters. The first-order chi connectivity index (χ1) is 8.20. The number of carbonyl (C=O) groups excluding carboxylic acids is 1. The van der Waals surface area contributed by atoms with Crippen LogP contribution in [-0.2, 0) is 4.74 Å². The summed E-state index contributed by atoms with van der Waals surface area (Å²) >= 11 is 0. The van der Waals surface area contributed by atoms with Gasteiger partial charge in [0.15, 0.2) is 5.69 Å². The van der Waals surface area contributed by atoms with Gasteiger partial charge >= 0.3 is 5.97 Å². The van der Waals surface area contributed by atoms with Gasteiger partial charge in [0.25, 0.3) is 0 Å². The molecule has 1 aliphatic rings. The molecule has 2 N–H and O–H groups in total. The zero-order chi connectivity index (χ0) is 12.3. The predicted molar refractivity (Wildman–Crippen MR) is 65.0 cm³/mol. The fraction of sp³-hybridized carbons (Fsp3) is 0.500. The number of nitrogens with zero attached hydrogens (tertiary/aromatic N) is 2. The van der Waals surface area contributed by atoms with Crippen LogP contribution in [0.3, 0.4) is 0 Å². The van der Waals surface area contributed by atoms with Crippen molar-refractivity contribution in [1.82, 2.24) is 4.98 Å². The maximum absolute atomic E-state index is 11.4. The number of anilines is 1. The first-order valence-electron chi connectivity index (χ1n) is 5.76. The Hall–Kier alpha value is -1.62. The van der Waals surface area contributed by atoms with E-state index in [2.05, 4.69) is 14.6 Å². The van der Waals surface area contributed by atoms with E-state index < -0.39 is 5.97 Å². The molecule has 5 nitrogen and oxygen atoms in total. The van der Waals surface area contributed by atoms with Gasteiger partial charge in [-0.15, -0.1) is 0 Å². The van der Waals surface area contributed by atoms with Gasteiger partial charge in [-0.05, 0) is 25.0 Å². The van der Waals surface area contributed by atoms with Crippen LogP contribution in [0.25, 0.3) is 0 Å². The van der Waals surface area contributed by atoms with Gasteiger partial charge in [0, 0.05) is 19.1 Å². The van der Waals surface area contributed by atoms with Gasteiger partial charge in [-0.3, -0.25) is 0 Å². The van der Waals surface area contributed by atoms with Crippen LogP contribution < -0.4 is 10.6 Å². The third-order valence-electron chi connectivity index (χ3n) is 2.99. The molecule has 2 heterocycles. The monoisotopic (exact) mass is 235 g/mol. The predicted octanol–water partition coefficient (Wildman–Crippen LogP) is 0.796. The van der Waals surface area contributed by atoms with Crippen molar-refractivity contribution >= 4 is 11.8 Å². The van der Waals surface area contributed by atoms with Gasteiger partial charge in [0.2, 0.25) is 0 Å². The van der Waals surface area contributed by atoms with E-state index in [0.29, 0.717) is 5.69 Å². The van der Waals surface area contributed by atoms with E-state index in [0.717, 1.165) is 31.7 Å². The Morgan fingerprint density at radius 1 is 1.47 bits per heavy atom. The number of pyridine rings is 1. The molecule has 0 aromatic carbocycles. The molecule has 0 atom stereocenters. The molecule has 2 rings (SSSR count). The largest absolute Gasteiger partial charge is 0.464 e. The van der Waals surface area contributed by atoms with Crippen molar-refractivity contribution in [3.8, 4) is 0 Å². The summed E-state index contributed by atoms with van der Waals surface area (Å²) in [4.78, 5) is 17.8. The smallest absolute Gasteiger partial charge is 0.356 e.